The molecular weight excluding hydrogens is 376 g/mol. The highest BCUT2D eigenvalue weighted by Gasteiger charge is 2.32. The van der Waals surface area contributed by atoms with Crippen molar-refractivity contribution in [1.82, 2.24) is 9.62 Å². The maximum atomic E-state index is 13.0. The molecule has 1 heterocycles. The minimum atomic E-state index is -3.50. The Morgan fingerprint density at radius 1 is 1.21 bits per heavy atom. The van der Waals surface area contributed by atoms with E-state index >= 15 is 0 Å². The fourth-order valence-corrected chi connectivity index (χ4v) is 5.82. The first-order valence-electron chi connectivity index (χ1n) is 10.3. The van der Waals surface area contributed by atoms with Gasteiger partial charge in [0, 0.05) is 25.6 Å². The Morgan fingerprint density at radius 3 is 2.57 bits per heavy atom. The first kappa shape index (κ1) is 21.3. The zero-order chi connectivity index (χ0) is 20.3. The average Bonchev–Trinajstić information content (AvgIpc) is 3.13. The summed E-state index contributed by atoms with van der Waals surface area (Å²) in [5.74, 6) is 0.0569. The Hall–Kier alpha value is -1.44. The second-order valence-electron chi connectivity index (χ2n) is 8.40. The molecule has 0 bridgehead atoms. The van der Waals surface area contributed by atoms with E-state index in [0.717, 1.165) is 24.8 Å². The molecule has 0 saturated carbocycles. The molecule has 6 nitrogen and oxygen atoms in total. The van der Waals surface area contributed by atoms with Gasteiger partial charge in [-0.05, 0) is 74.6 Å². The van der Waals surface area contributed by atoms with Crippen LogP contribution in [-0.2, 0) is 27.7 Å². The van der Waals surface area contributed by atoms with E-state index in [9.17, 15) is 18.3 Å². The Labute approximate surface area is 168 Å². The van der Waals surface area contributed by atoms with Gasteiger partial charge in [0.15, 0.2) is 0 Å². The molecule has 1 fully saturated rings. The van der Waals surface area contributed by atoms with E-state index < -0.39 is 10.0 Å². The van der Waals surface area contributed by atoms with Gasteiger partial charge in [0.1, 0.15) is 0 Å². The van der Waals surface area contributed by atoms with Crippen LogP contribution in [-0.4, -0.2) is 49.5 Å². The highest BCUT2D eigenvalue weighted by Crippen LogP contribution is 2.28. The summed E-state index contributed by atoms with van der Waals surface area (Å²) < 4.78 is 27.5. The summed E-state index contributed by atoms with van der Waals surface area (Å²) in [6, 6.07) is 5.51. The predicted molar refractivity (Wildman–Crippen MR) is 108 cm³/mol. The maximum Gasteiger partial charge on any atom is 0.243 e. The fraction of sp³-hybridized carbons (Fsp3) is 0.667. The van der Waals surface area contributed by atoms with Crippen LogP contribution in [0, 0.1) is 11.8 Å². The Balaban J connectivity index is 1.53. The highest BCUT2D eigenvalue weighted by molar-refractivity contribution is 7.89. The third-order valence-electron chi connectivity index (χ3n) is 5.90. The second-order valence-corrected chi connectivity index (χ2v) is 10.3. The van der Waals surface area contributed by atoms with Crippen molar-refractivity contribution in [1.29, 1.82) is 0 Å². The summed E-state index contributed by atoms with van der Waals surface area (Å²) in [4.78, 5) is 12.8. The molecule has 2 N–H and O–H groups in total. The lowest BCUT2D eigenvalue weighted by molar-refractivity contribution is -0.126. The molecule has 7 heteroatoms. The number of carbonyl (C=O) groups excluding carboxylic acids is 1. The Kier molecular flexibility index (Phi) is 6.78. The Morgan fingerprint density at radius 2 is 1.89 bits per heavy atom. The van der Waals surface area contributed by atoms with Crippen molar-refractivity contribution >= 4 is 15.9 Å². The summed E-state index contributed by atoms with van der Waals surface area (Å²) >= 11 is 0. The lowest BCUT2D eigenvalue weighted by Crippen LogP contribution is -2.43. The average molecular weight is 409 g/mol. The number of nitrogens with zero attached hydrogens (tertiary/aromatic N) is 1. The number of rotatable bonds is 7. The van der Waals surface area contributed by atoms with Crippen molar-refractivity contribution < 1.29 is 18.3 Å². The van der Waals surface area contributed by atoms with E-state index in [0.29, 0.717) is 43.8 Å². The van der Waals surface area contributed by atoms with Crippen molar-refractivity contribution in [3.05, 3.63) is 29.3 Å². The smallest absolute Gasteiger partial charge is 0.243 e. The minimum Gasteiger partial charge on any atom is -0.393 e. The van der Waals surface area contributed by atoms with Crippen LogP contribution in [0.15, 0.2) is 23.1 Å². The summed E-state index contributed by atoms with van der Waals surface area (Å²) in [7, 11) is -3.50. The van der Waals surface area contributed by atoms with Gasteiger partial charge >= 0.3 is 0 Å². The number of carbonyl (C=O) groups is 1. The van der Waals surface area contributed by atoms with E-state index in [-0.39, 0.29) is 23.8 Å². The first-order chi connectivity index (χ1) is 13.3. The molecule has 1 amide bonds. The number of aliphatic hydroxyl groups is 1. The van der Waals surface area contributed by atoms with Crippen molar-refractivity contribution in [3.63, 3.8) is 0 Å². The van der Waals surface area contributed by atoms with Crippen LogP contribution < -0.4 is 5.32 Å². The molecule has 1 aliphatic carbocycles. The van der Waals surface area contributed by atoms with E-state index in [4.69, 9.17) is 0 Å². The molecule has 3 rings (SSSR count). The van der Waals surface area contributed by atoms with Gasteiger partial charge in [-0.15, -0.1) is 0 Å². The van der Waals surface area contributed by atoms with Crippen LogP contribution >= 0.6 is 0 Å². The number of sulfonamides is 1. The monoisotopic (exact) mass is 408 g/mol. The number of nitrogens with one attached hydrogen (secondary N) is 1. The van der Waals surface area contributed by atoms with Gasteiger partial charge in [-0.3, -0.25) is 4.79 Å². The van der Waals surface area contributed by atoms with Gasteiger partial charge in [-0.1, -0.05) is 13.0 Å². The molecule has 1 aromatic carbocycles. The number of piperidine rings is 1. The fourth-order valence-electron chi connectivity index (χ4n) is 4.30. The van der Waals surface area contributed by atoms with E-state index in [1.54, 1.807) is 13.0 Å². The van der Waals surface area contributed by atoms with Crippen LogP contribution in [0.1, 0.15) is 50.7 Å². The van der Waals surface area contributed by atoms with Crippen molar-refractivity contribution in [2.75, 3.05) is 19.6 Å². The standard InChI is InChI=1S/C21H32N2O4S/c1-15(12-16(2)24)14-22-21(25)18-8-10-23(11-9-18)28(26,27)20-7-6-17-4-3-5-19(17)13-20/h6-7,13,15-16,18,24H,3-5,8-12,14H2,1-2H3,(H,22,25)/t15-,16-/m1/s1. The number of benzene rings is 1. The molecule has 28 heavy (non-hydrogen) atoms. The van der Waals surface area contributed by atoms with Crippen LogP contribution in [0.25, 0.3) is 0 Å². The second kappa shape index (κ2) is 8.93. The molecule has 1 aliphatic heterocycles. The number of hydrogen-bond acceptors (Lipinski definition) is 4. The van der Waals surface area contributed by atoms with Gasteiger partial charge in [0.25, 0.3) is 0 Å². The number of amides is 1. The van der Waals surface area contributed by atoms with E-state index in [1.165, 1.54) is 9.87 Å². The SMILES string of the molecule is C[C@@H](CNC(=O)C1CCN(S(=O)(=O)c2ccc3c(c2)CCC3)CC1)C[C@@H](C)O. The molecule has 2 atom stereocenters. The van der Waals surface area contributed by atoms with Crippen molar-refractivity contribution in [2.45, 2.75) is 63.4 Å². The van der Waals surface area contributed by atoms with Gasteiger partial charge < -0.3 is 10.4 Å². The quantitative estimate of drug-likeness (QED) is 0.723. The summed E-state index contributed by atoms with van der Waals surface area (Å²) in [5, 5.41) is 12.4. The summed E-state index contributed by atoms with van der Waals surface area (Å²) in [6.07, 6.45) is 4.44. The van der Waals surface area contributed by atoms with Crippen LogP contribution in [0.2, 0.25) is 0 Å². The number of aryl methyl sites for hydroxylation is 2. The number of fused-ring (bicyclic) bond motifs is 1. The predicted octanol–water partition coefficient (Wildman–Crippen LogP) is 2.10. The molecule has 2 aliphatic rings. The maximum absolute atomic E-state index is 13.0. The topological polar surface area (TPSA) is 86.7 Å². The molecular formula is C21H32N2O4S. The third kappa shape index (κ3) is 4.93. The normalized spacial score (nSPS) is 20.5. The molecule has 0 radical (unpaired) electrons. The molecule has 1 saturated heterocycles. The molecule has 156 valence electrons. The summed E-state index contributed by atoms with van der Waals surface area (Å²) in [6.45, 7) is 5.03. The highest BCUT2D eigenvalue weighted by atomic mass is 32.2. The van der Waals surface area contributed by atoms with Gasteiger partial charge in [-0.25, -0.2) is 8.42 Å². The summed E-state index contributed by atoms with van der Waals surface area (Å²) in [5.41, 5.74) is 2.42. The molecule has 0 aromatic heterocycles. The lowest BCUT2D eigenvalue weighted by atomic mass is 9.96. The molecule has 0 unspecified atom stereocenters. The molecule has 0 spiro atoms. The largest absolute Gasteiger partial charge is 0.393 e. The van der Waals surface area contributed by atoms with Crippen LogP contribution in [0.5, 0.6) is 0 Å². The number of aliphatic hydroxyl groups excluding tert-OH is 1. The zero-order valence-corrected chi connectivity index (χ0v) is 17.7. The van der Waals surface area contributed by atoms with Crippen LogP contribution in [0.4, 0.5) is 0 Å². The minimum absolute atomic E-state index is 0.00739. The Bertz CT molecular complexity index is 799. The van der Waals surface area contributed by atoms with E-state index in [2.05, 4.69) is 5.32 Å². The lowest BCUT2D eigenvalue weighted by Gasteiger charge is -2.31. The van der Waals surface area contributed by atoms with Gasteiger partial charge in [-0.2, -0.15) is 4.31 Å². The number of hydrogen-bond donors (Lipinski definition) is 2. The zero-order valence-electron chi connectivity index (χ0n) is 16.9. The van der Waals surface area contributed by atoms with Crippen LogP contribution in [0.3, 0.4) is 0 Å². The van der Waals surface area contributed by atoms with Gasteiger partial charge in [0.05, 0.1) is 11.0 Å². The third-order valence-corrected chi connectivity index (χ3v) is 7.80. The van der Waals surface area contributed by atoms with E-state index in [1.807, 2.05) is 19.1 Å². The van der Waals surface area contributed by atoms with Gasteiger partial charge in [0.2, 0.25) is 15.9 Å². The van der Waals surface area contributed by atoms with Crippen molar-refractivity contribution in [3.8, 4) is 0 Å². The van der Waals surface area contributed by atoms with Crippen molar-refractivity contribution in [2.24, 2.45) is 11.8 Å². The molecule has 1 aromatic rings. The first-order valence-corrected chi connectivity index (χ1v) is 11.8.